The molecule has 150 valence electrons. The Kier molecular flexibility index (Phi) is 6.20. The second-order valence-corrected chi connectivity index (χ2v) is 8.24. The monoisotopic (exact) mass is 433 g/mol. The van der Waals surface area contributed by atoms with Crippen molar-refractivity contribution in [3.8, 4) is 11.1 Å². The molecule has 0 saturated carbocycles. The largest absolute Gasteiger partial charge is 0.365 e. The van der Waals surface area contributed by atoms with Crippen molar-refractivity contribution in [2.45, 2.75) is 16.6 Å². The number of benzene rings is 1. The van der Waals surface area contributed by atoms with Crippen molar-refractivity contribution in [2.75, 3.05) is 11.6 Å². The van der Waals surface area contributed by atoms with Crippen molar-refractivity contribution in [1.29, 1.82) is 0 Å². The van der Waals surface area contributed by atoms with Crippen LogP contribution in [0.1, 0.15) is 15.9 Å². The third-order valence-corrected chi connectivity index (χ3v) is 5.41. The van der Waals surface area contributed by atoms with Gasteiger partial charge >= 0.3 is 0 Å². The number of halogens is 1. The summed E-state index contributed by atoms with van der Waals surface area (Å²) in [7, 11) is -3.99. The number of pyridine rings is 1. The Bertz CT molecular complexity index is 1170. The van der Waals surface area contributed by atoms with Gasteiger partial charge in [-0.2, -0.15) is 0 Å². The van der Waals surface area contributed by atoms with Gasteiger partial charge in [-0.1, -0.05) is 17.8 Å². The summed E-state index contributed by atoms with van der Waals surface area (Å²) in [5, 5.41) is 8.59. The molecule has 0 spiro atoms. The Balaban J connectivity index is 1.85. The Morgan fingerprint density at radius 1 is 1.24 bits per heavy atom. The molecule has 0 radical (unpaired) electrons. The Morgan fingerprint density at radius 3 is 2.69 bits per heavy atom. The predicted octanol–water partition coefficient (Wildman–Crippen LogP) is 2.47. The van der Waals surface area contributed by atoms with Gasteiger partial charge in [-0.25, -0.2) is 27.9 Å². The van der Waals surface area contributed by atoms with E-state index in [0.717, 1.165) is 6.07 Å². The van der Waals surface area contributed by atoms with Crippen molar-refractivity contribution in [2.24, 2.45) is 5.14 Å². The van der Waals surface area contributed by atoms with Crippen molar-refractivity contribution in [3.63, 3.8) is 0 Å². The zero-order valence-electron chi connectivity index (χ0n) is 15.2. The second-order valence-electron chi connectivity index (χ2n) is 5.90. The third kappa shape index (κ3) is 4.94. The third-order valence-electron chi connectivity index (χ3n) is 3.94. The molecule has 0 unspecified atom stereocenters. The van der Waals surface area contributed by atoms with Crippen molar-refractivity contribution in [1.82, 2.24) is 15.0 Å². The van der Waals surface area contributed by atoms with Crippen LogP contribution < -0.4 is 10.5 Å². The Morgan fingerprint density at radius 2 is 2.03 bits per heavy atom. The van der Waals surface area contributed by atoms with Crippen LogP contribution in [0.15, 0.2) is 52.9 Å². The van der Waals surface area contributed by atoms with E-state index in [2.05, 4.69) is 20.3 Å². The predicted molar refractivity (Wildman–Crippen MR) is 108 cm³/mol. The zero-order valence-corrected chi connectivity index (χ0v) is 16.8. The van der Waals surface area contributed by atoms with Gasteiger partial charge in [-0.05, 0) is 30.0 Å². The second kappa shape index (κ2) is 8.64. The van der Waals surface area contributed by atoms with Gasteiger partial charge in [-0.3, -0.25) is 9.78 Å². The molecule has 0 bridgehead atoms. The molecule has 11 heteroatoms. The van der Waals surface area contributed by atoms with Crippen LogP contribution in [-0.4, -0.2) is 35.9 Å². The molecule has 1 aromatic carbocycles. The molecule has 0 amide bonds. The molecule has 0 aliphatic rings. The highest BCUT2D eigenvalue weighted by Gasteiger charge is 2.13. The lowest BCUT2D eigenvalue weighted by Gasteiger charge is -2.10. The molecule has 2 heterocycles. The summed E-state index contributed by atoms with van der Waals surface area (Å²) in [5.74, 6) is -0.347. The molecule has 0 saturated heterocycles. The van der Waals surface area contributed by atoms with Gasteiger partial charge in [0.2, 0.25) is 10.0 Å². The number of nitrogens with one attached hydrogen (secondary N) is 1. The SMILES string of the molecule is CSc1ncc(C=O)c(NCc2cncc(-c3ccc(S(N)(=O)=O)cc3F)c2)n1. The smallest absolute Gasteiger partial charge is 0.238 e. The van der Waals surface area contributed by atoms with Gasteiger partial charge in [0, 0.05) is 36.3 Å². The van der Waals surface area contributed by atoms with E-state index < -0.39 is 15.8 Å². The first kappa shape index (κ1) is 20.8. The lowest BCUT2D eigenvalue weighted by Crippen LogP contribution is -2.12. The Hall–Kier alpha value is -2.89. The van der Waals surface area contributed by atoms with Crippen LogP contribution in [0.2, 0.25) is 0 Å². The lowest BCUT2D eigenvalue weighted by molar-refractivity contribution is 0.112. The first-order valence-corrected chi connectivity index (χ1v) is 11.0. The van der Waals surface area contributed by atoms with Crippen LogP contribution in [0.25, 0.3) is 11.1 Å². The highest BCUT2D eigenvalue weighted by molar-refractivity contribution is 7.98. The van der Waals surface area contributed by atoms with Crippen molar-refractivity contribution >= 4 is 33.9 Å². The highest BCUT2D eigenvalue weighted by Crippen LogP contribution is 2.25. The summed E-state index contributed by atoms with van der Waals surface area (Å²) in [6, 6.07) is 5.14. The van der Waals surface area contributed by atoms with Gasteiger partial charge in [0.25, 0.3) is 0 Å². The molecule has 0 fully saturated rings. The van der Waals surface area contributed by atoms with Gasteiger partial charge in [0.15, 0.2) is 11.4 Å². The number of sulfonamides is 1. The minimum atomic E-state index is -3.99. The maximum Gasteiger partial charge on any atom is 0.238 e. The van der Waals surface area contributed by atoms with Gasteiger partial charge in [0.05, 0.1) is 10.5 Å². The standard InChI is InChI=1S/C18H16FN5O3S2/c1-28-18-23-9-13(10-25)17(24-18)22-7-11-4-12(8-21-6-11)15-3-2-14(5-16(15)19)29(20,26)27/h2-6,8-10H,7H2,1H3,(H2,20,26,27)(H,22,23,24). The molecule has 8 nitrogen and oxygen atoms in total. The number of hydrogen-bond donors (Lipinski definition) is 2. The molecule has 3 aromatic rings. The van der Waals surface area contributed by atoms with Crippen LogP contribution >= 0.6 is 11.8 Å². The number of aldehydes is 1. The molecular weight excluding hydrogens is 417 g/mol. The summed E-state index contributed by atoms with van der Waals surface area (Å²) in [6.45, 7) is 0.281. The zero-order chi connectivity index (χ0) is 21.0. The van der Waals surface area contributed by atoms with E-state index in [0.29, 0.717) is 34.0 Å². The summed E-state index contributed by atoms with van der Waals surface area (Å²) in [6.07, 6.45) is 6.97. The first-order valence-electron chi connectivity index (χ1n) is 8.18. The van der Waals surface area contributed by atoms with E-state index in [-0.39, 0.29) is 17.0 Å². The molecule has 0 aliphatic carbocycles. The van der Waals surface area contributed by atoms with E-state index in [1.807, 2.05) is 6.26 Å². The first-order chi connectivity index (χ1) is 13.8. The molecule has 0 atom stereocenters. The number of carbonyl (C=O) groups excluding carboxylic acids is 1. The summed E-state index contributed by atoms with van der Waals surface area (Å²) >= 11 is 1.34. The van der Waals surface area contributed by atoms with Crippen molar-refractivity contribution < 1.29 is 17.6 Å². The highest BCUT2D eigenvalue weighted by atomic mass is 32.2. The number of primary sulfonamides is 1. The number of nitrogens with two attached hydrogens (primary N) is 1. The topological polar surface area (TPSA) is 128 Å². The minimum Gasteiger partial charge on any atom is -0.365 e. The van der Waals surface area contributed by atoms with Crippen LogP contribution in [0.5, 0.6) is 0 Å². The quantitative estimate of drug-likeness (QED) is 0.330. The summed E-state index contributed by atoms with van der Waals surface area (Å²) in [4.78, 5) is 23.3. The van der Waals surface area contributed by atoms with E-state index in [4.69, 9.17) is 5.14 Å². The molecule has 29 heavy (non-hydrogen) atoms. The maximum atomic E-state index is 14.4. The maximum absolute atomic E-state index is 14.4. The van der Waals surface area contributed by atoms with Gasteiger partial charge < -0.3 is 5.32 Å². The van der Waals surface area contributed by atoms with Crippen LogP contribution in [0, 0.1) is 5.82 Å². The summed E-state index contributed by atoms with van der Waals surface area (Å²) < 4.78 is 37.1. The average Bonchev–Trinajstić information content (AvgIpc) is 2.71. The number of anilines is 1. The Labute approximate surface area is 170 Å². The van der Waals surface area contributed by atoms with Crippen molar-refractivity contribution in [3.05, 3.63) is 59.8 Å². The number of nitrogens with zero attached hydrogens (tertiary/aromatic N) is 3. The molecular formula is C18H16FN5O3S2. The van der Waals surface area contributed by atoms with Gasteiger partial charge in [0.1, 0.15) is 11.6 Å². The van der Waals surface area contributed by atoms with Crippen LogP contribution in [-0.2, 0) is 16.6 Å². The molecule has 3 N–H and O–H groups in total. The fourth-order valence-electron chi connectivity index (χ4n) is 2.53. The molecule has 2 aromatic heterocycles. The molecule has 0 aliphatic heterocycles. The molecule has 3 rings (SSSR count). The number of hydrogen-bond acceptors (Lipinski definition) is 8. The van der Waals surface area contributed by atoms with E-state index in [9.17, 15) is 17.6 Å². The van der Waals surface area contributed by atoms with E-state index >= 15 is 0 Å². The summed E-state index contributed by atoms with van der Waals surface area (Å²) in [5.41, 5.74) is 1.67. The van der Waals surface area contributed by atoms with Crippen LogP contribution in [0.3, 0.4) is 0 Å². The van der Waals surface area contributed by atoms with Gasteiger partial charge in [-0.15, -0.1) is 0 Å². The number of aromatic nitrogens is 3. The number of rotatable bonds is 7. The fraction of sp³-hybridized carbons (Fsp3) is 0.111. The normalized spacial score (nSPS) is 11.3. The average molecular weight is 433 g/mol. The van der Waals surface area contributed by atoms with Crippen LogP contribution in [0.4, 0.5) is 10.2 Å². The number of thioether (sulfide) groups is 1. The number of carbonyl (C=O) groups is 1. The fourth-order valence-corrected chi connectivity index (χ4v) is 3.39. The minimum absolute atomic E-state index is 0.187. The van der Waals surface area contributed by atoms with E-state index in [1.165, 1.54) is 36.3 Å². The lowest BCUT2D eigenvalue weighted by atomic mass is 10.1. The van der Waals surface area contributed by atoms with E-state index in [1.54, 1.807) is 12.3 Å².